The normalized spacial score (nSPS) is 20.0. The van der Waals surface area contributed by atoms with Crippen molar-refractivity contribution in [2.75, 3.05) is 6.54 Å². The lowest BCUT2D eigenvalue weighted by molar-refractivity contribution is 0.365. The van der Waals surface area contributed by atoms with E-state index in [-0.39, 0.29) is 12.1 Å². The summed E-state index contributed by atoms with van der Waals surface area (Å²) in [7, 11) is 0. The third-order valence-electron chi connectivity index (χ3n) is 4.57. The predicted octanol–water partition coefficient (Wildman–Crippen LogP) is 4.84. The van der Waals surface area contributed by atoms with Gasteiger partial charge in [-0.05, 0) is 29.4 Å². The molecule has 0 aliphatic carbocycles. The van der Waals surface area contributed by atoms with Gasteiger partial charge < -0.3 is 10.6 Å². The largest absolute Gasteiger partial charge is 0.356 e. The zero-order valence-corrected chi connectivity index (χ0v) is 15.5. The average molecular weight is 335 g/mol. The Morgan fingerprint density at radius 3 is 2.12 bits per heavy atom. The first-order valence-electron chi connectivity index (χ1n) is 9.21. The zero-order chi connectivity index (χ0) is 17.7. The van der Waals surface area contributed by atoms with Gasteiger partial charge in [-0.25, -0.2) is 4.99 Å². The van der Waals surface area contributed by atoms with Crippen LogP contribution in [0, 0.1) is 5.41 Å². The number of hydrogen-bond donors (Lipinski definition) is 2. The molecule has 3 heteroatoms. The van der Waals surface area contributed by atoms with Gasteiger partial charge in [0.2, 0.25) is 0 Å². The number of nitrogens with zero attached hydrogens (tertiary/aromatic N) is 1. The molecule has 0 saturated heterocycles. The van der Waals surface area contributed by atoms with Gasteiger partial charge in [-0.15, -0.1) is 0 Å². The van der Waals surface area contributed by atoms with Gasteiger partial charge in [0.1, 0.15) is 6.04 Å². The van der Waals surface area contributed by atoms with E-state index in [4.69, 9.17) is 4.99 Å². The molecule has 0 fully saturated rings. The highest BCUT2D eigenvalue weighted by Gasteiger charge is 2.30. The molecular weight excluding hydrogens is 306 g/mol. The van der Waals surface area contributed by atoms with Crippen LogP contribution in [0.25, 0.3) is 0 Å². The summed E-state index contributed by atoms with van der Waals surface area (Å²) < 4.78 is 0. The molecule has 2 N–H and O–H groups in total. The Morgan fingerprint density at radius 1 is 0.920 bits per heavy atom. The van der Waals surface area contributed by atoms with Gasteiger partial charge in [-0.2, -0.15) is 0 Å². The molecule has 2 aromatic carbocycles. The van der Waals surface area contributed by atoms with E-state index in [0.29, 0.717) is 5.41 Å². The van der Waals surface area contributed by atoms with Gasteiger partial charge in [-0.3, -0.25) is 0 Å². The van der Waals surface area contributed by atoms with Gasteiger partial charge >= 0.3 is 0 Å². The summed E-state index contributed by atoms with van der Waals surface area (Å²) in [4.78, 5) is 4.94. The molecule has 3 rings (SSSR count). The molecule has 2 aromatic rings. The maximum atomic E-state index is 4.94. The van der Waals surface area contributed by atoms with Crippen molar-refractivity contribution in [2.24, 2.45) is 10.4 Å². The predicted molar refractivity (Wildman–Crippen MR) is 106 cm³/mol. The van der Waals surface area contributed by atoms with E-state index in [1.165, 1.54) is 17.5 Å². The summed E-state index contributed by atoms with van der Waals surface area (Å²) >= 11 is 0. The van der Waals surface area contributed by atoms with Crippen molar-refractivity contribution in [1.82, 2.24) is 10.6 Å². The van der Waals surface area contributed by atoms with Crippen molar-refractivity contribution in [3.05, 3.63) is 71.8 Å². The molecule has 3 nitrogen and oxygen atoms in total. The molecule has 0 saturated carbocycles. The van der Waals surface area contributed by atoms with E-state index >= 15 is 0 Å². The van der Waals surface area contributed by atoms with Gasteiger partial charge in [0.25, 0.3) is 0 Å². The molecule has 0 unspecified atom stereocenters. The highest BCUT2D eigenvalue weighted by molar-refractivity contribution is 5.82. The Balaban J connectivity index is 1.70. The van der Waals surface area contributed by atoms with E-state index in [2.05, 4.69) is 92.1 Å². The number of hydrogen-bond acceptors (Lipinski definition) is 3. The second-order valence-corrected chi connectivity index (χ2v) is 7.96. The fourth-order valence-electron chi connectivity index (χ4n) is 3.24. The third kappa shape index (κ3) is 4.85. The van der Waals surface area contributed by atoms with E-state index < -0.39 is 0 Å². The molecule has 0 aromatic heterocycles. The van der Waals surface area contributed by atoms with E-state index in [9.17, 15) is 0 Å². The zero-order valence-electron chi connectivity index (χ0n) is 15.5. The van der Waals surface area contributed by atoms with Crippen LogP contribution < -0.4 is 10.6 Å². The Hall–Kier alpha value is -2.29. The van der Waals surface area contributed by atoms with Crippen LogP contribution in [0.4, 0.5) is 0 Å². The second kappa shape index (κ2) is 7.73. The van der Waals surface area contributed by atoms with Crippen LogP contribution in [0.3, 0.4) is 0 Å². The van der Waals surface area contributed by atoms with Crippen molar-refractivity contribution in [1.29, 1.82) is 0 Å². The first-order valence-corrected chi connectivity index (χ1v) is 9.21. The third-order valence-corrected chi connectivity index (χ3v) is 4.57. The molecule has 2 atom stereocenters. The highest BCUT2D eigenvalue weighted by atomic mass is 15.3. The maximum Gasteiger partial charge on any atom is 0.192 e. The van der Waals surface area contributed by atoms with Gasteiger partial charge in [0.05, 0.1) is 6.04 Å². The molecule has 1 heterocycles. The highest BCUT2D eigenvalue weighted by Crippen LogP contribution is 2.35. The summed E-state index contributed by atoms with van der Waals surface area (Å²) in [6.07, 6.45) is 2.35. The molecule has 0 radical (unpaired) electrons. The quantitative estimate of drug-likeness (QED) is 0.767. The van der Waals surface area contributed by atoms with Gasteiger partial charge in [0, 0.05) is 6.54 Å². The Bertz CT molecular complexity index is 686. The van der Waals surface area contributed by atoms with Crippen molar-refractivity contribution in [3.63, 3.8) is 0 Å². The number of aliphatic imine (C=N–C) groups is 1. The van der Waals surface area contributed by atoms with Crippen LogP contribution in [-0.2, 0) is 0 Å². The fraction of sp³-hybridized carbons (Fsp3) is 0.409. The number of benzene rings is 2. The Kier molecular flexibility index (Phi) is 5.42. The Labute approximate surface area is 151 Å². The first-order chi connectivity index (χ1) is 12.0. The van der Waals surface area contributed by atoms with E-state index in [1.807, 2.05) is 0 Å². The standard InChI is InChI=1S/C22H29N3/c1-22(2,3)15-10-16-23-21-24-19(17-11-6-4-7-12-17)20(25-21)18-13-8-5-9-14-18/h4-9,11-14,19-20H,10,15-16H2,1-3H3,(H2,23,24,25)/t19-,20-/m1/s1. The molecule has 0 spiro atoms. The second-order valence-electron chi connectivity index (χ2n) is 7.96. The average Bonchev–Trinajstić information content (AvgIpc) is 3.04. The summed E-state index contributed by atoms with van der Waals surface area (Å²) in [5, 5.41) is 7.08. The van der Waals surface area contributed by atoms with Gasteiger partial charge in [0.15, 0.2) is 5.96 Å². The molecule has 1 aliphatic rings. The van der Waals surface area contributed by atoms with Crippen molar-refractivity contribution in [2.45, 2.75) is 45.7 Å². The lowest BCUT2D eigenvalue weighted by Gasteiger charge is -2.20. The topological polar surface area (TPSA) is 36.4 Å². The molecular formula is C22H29N3. The fourth-order valence-corrected chi connectivity index (χ4v) is 3.24. The minimum Gasteiger partial charge on any atom is -0.356 e. The summed E-state index contributed by atoms with van der Waals surface area (Å²) in [5.41, 5.74) is 2.90. The molecule has 132 valence electrons. The maximum absolute atomic E-state index is 4.94. The lowest BCUT2D eigenvalue weighted by atomic mass is 9.91. The van der Waals surface area contributed by atoms with Crippen LogP contribution in [0.5, 0.6) is 0 Å². The van der Waals surface area contributed by atoms with Crippen LogP contribution in [-0.4, -0.2) is 12.5 Å². The molecule has 0 bridgehead atoms. The van der Waals surface area contributed by atoms with E-state index in [1.54, 1.807) is 0 Å². The van der Waals surface area contributed by atoms with Crippen LogP contribution in [0.2, 0.25) is 0 Å². The Morgan fingerprint density at radius 2 is 1.52 bits per heavy atom. The smallest absolute Gasteiger partial charge is 0.192 e. The minimum atomic E-state index is 0.105. The molecule has 25 heavy (non-hydrogen) atoms. The SMILES string of the molecule is CC(C)(C)CCCNC1=N[C@H](c2ccccc2)[C@@H](c2ccccc2)N1. The molecule has 0 amide bonds. The number of nitrogens with one attached hydrogen (secondary N) is 2. The molecule has 1 aliphatic heterocycles. The van der Waals surface area contributed by atoms with Crippen LogP contribution in [0.15, 0.2) is 65.7 Å². The van der Waals surface area contributed by atoms with Crippen molar-refractivity contribution >= 4 is 5.96 Å². The van der Waals surface area contributed by atoms with Crippen molar-refractivity contribution in [3.8, 4) is 0 Å². The first kappa shape index (κ1) is 17.5. The summed E-state index contributed by atoms with van der Waals surface area (Å²) in [5.74, 6) is 0.914. The number of guanidine groups is 1. The van der Waals surface area contributed by atoms with Crippen LogP contribution in [0.1, 0.15) is 56.8 Å². The monoisotopic (exact) mass is 335 g/mol. The van der Waals surface area contributed by atoms with E-state index in [0.717, 1.165) is 18.9 Å². The van der Waals surface area contributed by atoms with Crippen molar-refractivity contribution < 1.29 is 0 Å². The summed E-state index contributed by atoms with van der Waals surface area (Å²) in [6, 6.07) is 21.4. The van der Waals surface area contributed by atoms with Crippen LogP contribution >= 0.6 is 0 Å². The number of rotatable bonds is 5. The minimum absolute atomic E-state index is 0.105. The van der Waals surface area contributed by atoms with Gasteiger partial charge in [-0.1, -0.05) is 81.4 Å². The summed E-state index contributed by atoms with van der Waals surface area (Å²) in [6.45, 7) is 7.81. The lowest BCUT2D eigenvalue weighted by Crippen LogP contribution is -2.36.